The van der Waals surface area contributed by atoms with E-state index in [1.807, 2.05) is 0 Å². The summed E-state index contributed by atoms with van der Waals surface area (Å²) in [5, 5.41) is 3.76. The molecule has 18 heavy (non-hydrogen) atoms. The van der Waals surface area contributed by atoms with Crippen LogP contribution in [0.1, 0.15) is 71.1 Å². The summed E-state index contributed by atoms with van der Waals surface area (Å²) in [6.07, 6.45) is 14.3. The third-order valence-electron chi connectivity index (χ3n) is 4.60. The number of hydrogen-bond donors (Lipinski definition) is 1. The van der Waals surface area contributed by atoms with Gasteiger partial charge in [-0.15, -0.1) is 0 Å². The van der Waals surface area contributed by atoms with Crippen LogP contribution < -0.4 is 5.32 Å². The van der Waals surface area contributed by atoms with Gasteiger partial charge in [0.25, 0.3) is 0 Å². The Labute approximate surface area is 113 Å². The number of hydrogen-bond acceptors (Lipinski definition) is 2. The van der Waals surface area contributed by atoms with Crippen LogP contribution in [0.5, 0.6) is 0 Å². The molecule has 0 bridgehead atoms. The molecule has 1 aliphatic heterocycles. The Bertz CT molecular complexity index is 207. The topological polar surface area (TPSA) is 21.3 Å². The minimum absolute atomic E-state index is 0.544. The molecule has 0 spiro atoms. The Balaban J connectivity index is 1.74. The van der Waals surface area contributed by atoms with E-state index in [0.29, 0.717) is 12.1 Å². The number of rotatable bonds is 7. The highest BCUT2D eigenvalue weighted by Crippen LogP contribution is 2.29. The van der Waals surface area contributed by atoms with Crippen molar-refractivity contribution in [1.82, 2.24) is 5.32 Å². The molecule has 0 radical (unpaired) electrons. The smallest absolute Gasteiger partial charge is 0.0590 e. The quantitative estimate of drug-likeness (QED) is 0.743. The summed E-state index contributed by atoms with van der Waals surface area (Å²) in [5.41, 5.74) is 0. The van der Waals surface area contributed by atoms with Crippen molar-refractivity contribution in [3.8, 4) is 0 Å². The standard InChI is InChI=1S/C16H31NO/c1-2-10-17-15(13-16-9-6-11-18-16)12-14-7-4-3-5-8-14/h14-17H,2-13H2,1H3. The lowest BCUT2D eigenvalue weighted by atomic mass is 9.83. The van der Waals surface area contributed by atoms with Gasteiger partial charge in [-0.05, 0) is 44.6 Å². The molecule has 0 aromatic heterocycles. The summed E-state index contributed by atoms with van der Waals surface area (Å²) in [7, 11) is 0. The first-order valence-electron chi connectivity index (χ1n) is 8.23. The van der Waals surface area contributed by atoms with Crippen LogP contribution >= 0.6 is 0 Å². The van der Waals surface area contributed by atoms with Gasteiger partial charge < -0.3 is 10.1 Å². The van der Waals surface area contributed by atoms with Crippen molar-refractivity contribution in [2.24, 2.45) is 5.92 Å². The predicted octanol–water partition coefficient (Wildman–Crippen LogP) is 3.89. The number of ether oxygens (including phenoxy) is 1. The zero-order chi connectivity index (χ0) is 12.6. The van der Waals surface area contributed by atoms with E-state index in [0.717, 1.165) is 12.5 Å². The van der Waals surface area contributed by atoms with Gasteiger partial charge in [0.1, 0.15) is 0 Å². The third kappa shape index (κ3) is 4.89. The molecule has 2 aliphatic rings. The van der Waals surface area contributed by atoms with E-state index in [-0.39, 0.29) is 0 Å². The van der Waals surface area contributed by atoms with Crippen LogP contribution in [0, 0.1) is 5.92 Å². The molecule has 0 amide bonds. The highest BCUT2D eigenvalue weighted by atomic mass is 16.5. The fraction of sp³-hybridized carbons (Fsp3) is 1.00. The summed E-state index contributed by atoms with van der Waals surface area (Å²) < 4.78 is 5.81. The van der Waals surface area contributed by atoms with Gasteiger partial charge in [0.05, 0.1) is 6.10 Å². The van der Waals surface area contributed by atoms with E-state index in [2.05, 4.69) is 12.2 Å². The lowest BCUT2D eigenvalue weighted by molar-refractivity contribution is 0.0903. The van der Waals surface area contributed by atoms with E-state index in [9.17, 15) is 0 Å². The monoisotopic (exact) mass is 253 g/mol. The molecule has 2 atom stereocenters. The fourth-order valence-corrected chi connectivity index (χ4v) is 3.58. The summed E-state index contributed by atoms with van der Waals surface area (Å²) in [4.78, 5) is 0. The highest BCUT2D eigenvalue weighted by molar-refractivity contribution is 4.79. The lowest BCUT2D eigenvalue weighted by Crippen LogP contribution is -2.35. The van der Waals surface area contributed by atoms with Gasteiger partial charge in [0.2, 0.25) is 0 Å². The van der Waals surface area contributed by atoms with Crippen molar-refractivity contribution in [1.29, 1.82) is 0 Å². The molecule has 1 N–H and O–H groups in total. The van der Waals surface area contributed by atoms with Gasteiger partial charge in [-0.1, -0.05) is 39.0 Å². The summed E-state index contributed by atoms with van der Waals surface area (Å²) >= 11 is 0. The molecule has 2 rings (SSSR count). The van der Waals surface area contributed by atoms with Gasteiger partial charge in [-0.2, -0.15) is 0 Å². The third-order valence-corrected chi connectivity index (χ3v) is 4.60. The Kier molecular flexibility index (Phi) is 6.50. The molecule has 1 heterocycles. The Morgan fingerprint density at radius 1 is 1.06 bits per heavy atom. The number of nitrogens with one attached hydrogen (secondary N) is 1. The molecule has 2 fully saturated rings. The fourth-order valence-electron chi connectivity index (χ4n) is 3.58. The molecular formula is C16H31NO. The first-order chi connectivity index (χ1) is 8.88. The highest BCUT2D eigenvalue weighted by Gasteiger charge is 2.23. The van der Waals surface area contributed by atoms with Gasteiger partial charge >= 0.3 is 0 Å². The van der Waals surface area contributed by atoms with Gasteiger partial charge in [0, 0.05) is 12.6 Å². The molecule has 2 heteroatoms. The largest absolute Gasteiger partial charge is 0.378 e. The van der Waals surface area contributed by atoms with E-state index in [1.54, 1.807) is 0 Å². The van der Waals surface area contributed by atoms with Crippen LogP contribution in [0.3, 0.4) is 0 Å². The lowest BCUT2D eigenvalue weighted by Gasteiger charge is -2.28. The van der Waals surface area contributed by atoms with Crippen LogP contribution in [-0.4, -0.2) is 25.3 Å². The average Bonchev–Trinajstić information content (AvgIpc) is 2.90. The molecular weight excluding hydrogens is 222 g/mol. The van der Waals surface area contributed by atoms with Crippen molar-refractivity contribution >= 4 is 0 Å². The van der Waals surface area contributed by atoms with E-state index >= 15 is 0 Å². The molecule has 106 valence electrons. The summed E-state index contributed by atoms with van der Waals surface area (Å²) in [6, 6.07) is 0.705. The van der Waals surface area contributed by atoms with Crippen LogP contribution in [0.25, 0.3) is 0 Å². The minimum Gasteiger partial charge on any atom is -0.378 e. The van der Waals surface area contributed by atoms with Crippen molar-refractivity contribution in [2.75, 3.05) is 13.2 Å². The molecule has 1 saturated heterocycles. The second-order valence-electron chi connectivity index (χ2n) is 6.26. The second-order valence-corrected chi connectivity index (χ2v) is 6.26. The maximum atomic E-state index is 5.81. The summed E-state index contributed by atoms with van der Waals surface area (Å²) in [5.74, 6) is 0.981. The predicted molar refractivity (Wildman–Crippen MR) is 76.9 cm³/mol. The van der Waals surface area contributed by atoms with E-state index in [1.165, 1.54) is 70.8 Å². The van der Waals surface area contributed by atoms with Gasteiger partial charge in [-0.25, -0.2) is 0 Å². The molecule has 1 aliphatic carbocycles. The van der Waals surface area contributed by atoms with Gasteiger partial charge in [0.15, 0.2) is 0 Å². The van der Waals surface area contributed by atoms with Crippen molar-refractivity contribution in [3.05, 3.63) is 0 Å². The first kappa shape index (κ1) is 14.3. The second kappa shape index (κ2) is 8.16. The summed E-state index contributed by atoms with van der Waals surface area (Å²) in [6.45, 7) is 4.43. The molecule has 2 nitrogen and oxygen atoms in total. The van der Waals surface area contributed by atoms with E-state index < -0.39 is 0 Å². The molecule has 1 saturated carbocycles. The Hall–Kier alpha value is -0.0800. The first-order valence-corrected chi connectivity index (χ1v) is 8.23. The maximum Gasteiger partial charge on any atom is 0.0590 e. The average molecular weight is 253 g/mol. The van der Waals surface area contributed by atoms with Gasteiger partial charge in [-0.3, -0.25) is 0 Å². The Morgan fingerprint density at radius 2 is 1.89 bits per heavy atom. The van der Waals surface area contributed by atoms with Crippen LogP contribution in [0.15, 0.2) is 0 Å². The van der Waals surface area contributed by atoms with Crippen molar-refractivity contribution < 1.29 is 4.74 Å². The Morgan fingerprint density at radius 3 is 2.56 bits per heavy atom. The van der Waals surface area contributed by atoms with Crippen molar-refractivity contribution in [3.63, 3.8) is 0 Å². The minimum atomic E-state index is 0.544. The normalized spacial score (nSPS) is 27.5. The molecule has 0 aromatic rings. The SMILES string of the molecule is CCCNC(CC1CCCCC1)CC1CCCO1. The molecule has 0 aromatic carbocycles. The van der Waals surface area contributed by atoms with Crippen molar-refractivity contribution in [2.45, 2.75) is 83.3 Å². The van der Waals surface area contributed by atoms with Crippen LogP contribution in [0.4, 0.5) is 0 Å². The van der Waals surface area contributed by atoms with E-state index in [4.69, 9.17) is 4.74 Å². The van der Waals surface area contributed by atoms with Crippen LogP contribution in [-0.2, 0) is 4.74 Å². The zero-order valence-electron chi connectivity index (χ0n) is 12.1. The molecule has 2 unspecified atom stereocenters. The van der Waals surface area contributed by atoms with Crippen LogP contribution in [0.2, 0.25) is 0 Å². The zero-order valence-corrected chi connectivity index (χ0v) is 12.1. The maximum absolute atomic E-state index is 5.81.